The zero-order valence-electron chi connectivity index (χ0n) is 19.1. The number of nitrogens with one attached hydrogen (secondary N) is 2. The third-order valence-corrected chi connectivity index (χ3v) is 7.55. The minimum absolute atomic E-state index is 0.213. The van der Waals surface area contributed by atoms with Crippen LogP contribution in [0.4, 0.5) is 35.2 Å². The lowest BCUT2D eigenvalue weighted by Crippen LogP contribution is -2.35. The van der Waals surface area contributed by atoms with Crippen LogP contribution in [0.25, 0.3) is 0 Å². The molecule has 0 spiro atoms. The van der Waals surface area contributed by atoms with Gasteiger partial charge in [0.1, 0.15) is 5.82 Å². The largest absolute Gasteiger partial charge is 0.416 e. The van der Waals surface area contributed by atoms with E-state index in [2.05, 4.69) is 15.6 Å². The number of hydrogen-bond donors (Lipinski definition) is 2. The molecule has 0 atom stereocenters. The van der Waals surface area contributed by atoms with Crippen molar-refractivity contribution in [3.8, 4) is 0 Å². The molecule has 0 radical (unpaired) electrons. The van der Waals surface area contributed by atoms with Crippen molar-refractivity contribution in [2.24, 2.45) is 0 Å². The van der Waals surface area contributed by atoms with Crippen molar-refractivity contribution in [3.63, 3.8) is 0 Å². The molecule has 4 rings (SSSR count). The Labute approximate surface area is 206 Å². The normalized spacial score (nSPS) is 15.2. The summed E-state index contributed by atoms with van der Waals surface area (Å²) in [5.74, 6) is 0.641. The topological polar surface area (TPSA) is 94.6 Å². The van der Waals surface area contributed by atoms with Crippen molar-refractivity contribution in [1.29, 1.82) is 0 Å². The van der Waals surface area contributed by atoms with Crippen molar-refractivity contribution < 1.29 is 26.4 Å². The van der Waals surface area contributed by atoms with Crippen LogP contribution in [0.2, 0.25) is 0 Å². The molecule has 190 valence electrons. The van der Waals surface area contributed by atoms with E-state index < -0.39 is 27.8 Å². The summed E-state index contributed by atoms with van der Waals surface area (Å²) >= 11 is 0. The van der Waals surface area contributed by atoms with E-state index in [4.69, 9.17) is 0 Å². The zero-order valence-corrected chi connectivity index (χ0v) is 19.9. The molecule has 1 aliphatic heterocycles. The minimum Gasteiger partial charge on any atom is -0.355 e. The van der Waals surface area contributed by atoms with Crippen molar-refractivity contribution in [1.82, 2.24) is 9.29 Å². The summed E-state index contributed by atoms with van der Waals surface area (Å²) in [6, 6.07) is 15.2. The highest BCUT2D eigenvalue weighted by atomic mass is 32.2. The Morgan fingerprint density at radius 3 is 2.14 bits per heavy atom. The minimum atomic E-state index is -4.45. The summed E-state index contributed by atoms with van der Waals surface area (Å²) in [6.45, 7) is 1.79. The number of nitrogens with zero attached hydrogens (tertiary/aromatic N) is 3. The Balaban J connectivity index is 1.33. The van der Waals surface area contributed by atoms with E-state index in [1.165, 1.54) is 22.6 Å². The summed E-state index contributed by atoms with van der Waals surface area (Å²) in [5.41, 5.74) is -0.196. The highest BCUT2D eigenvalue weighted by Gasteiger charge is 2.30. The number of pyridine rings is 1. The van der Waals surface area contributed by atoms with Crippen LogP contribution in [0.3, 0.4) is 0 Å². The van der Waals surface area contributed by atoms with Gasteiger partial charge in [-0.05, 0) is 55.0 Å². The van der Waals surface area contributed by atoms with E-state index in [0.29, 0.717) is 44.1 Å². The number of carbonyl (C=O) groups excluding carboxylic acids is 1. The van der Waals surface area contributed by atoms with Gasteiger partial charge in [-0.25, -0.2) is 18.2 Å². The summed E-state index contributed by atoms with van der Waals surface area (Å²) in [5, 5.41) is 5.05. The Morgan fingerprint density at radius 2 is 1.50 bits per heavy atom. The van der Waals surface area contributed by atoms with Gasteiger partial charge in [-0.2, -0.15) is 17.5 Å². The smallest absolute Gasteiger partial charge is 0.355 e. The number of amides is 2. The Kier molecular flexibility index (Phi) is 7.45. The number of rotatable bonds is 5. The van der Waals surface area contributed by atoms with Gasteiger partial charge in [-0.1, -0.05) is 18.2 Å². The second-order valence-corrected chi connectivity index (χ2v) is 10.1. The summed E-state index contributed by atoms with van der Waals surface area (Å²) < 4.78 is 65.3. The lowest BCUT2D eigenvalue weighted by Gasteiger charge is -2.23. The number of sulfonamides is 1. The molecule has 1 aliphatic rings. The number of anilines is 3. The number of carbonyl (C=O) groups is 1. The molecule has 0 bridgehead atoms. The third kappa shape index (κ3) is 6.13. The van der Waals surface area contributed by atoms with Gasteiger partial charge in [0.15, 0.2) is 0 Å². The first-order valence-corrected chi connectivity index (χ1v) is 12.6. The van der Waals surface area contributed by atoms with Crippen molar-refractivity contribution in [2.75, 3.05) is 41.7 Å². The van der Waals surface area contributed by atoms with Crippen LogP contribution in [0.5, 0.6) is 0 Å². The number of hydrogen-bond acceptors (Lipinski definition) is 5. The maximum Gasteiger partial charge on any atom is 0.416 e. The fourth-order valence-electron chi connectivity index (χ4n) is 3.79. The molecule has 0 saturated carbocycles. The second kappa shape index (κ2) is 10.5. The quantitative estimate of drug-likeness (QED) is 0.512. The molecule has 1 fully saturated rings. The Bertz CT molecular complexity index is 1290. The molecule has 36 heavy (non-hydrogen) atoms. The van der Waals surface area contributed by atoms with Crippen LogP contribution < -0.4 is 15.5 Å². The van der Waals surface area contributed by atoms with Gasteiger partial charge in [0.2, 0.25) is 10.0 Å². The molecule has 1 saturated heterocycles. The first kappa shape index (κ1) is 25.5. The number of alkyl halides is 3. The number of benzene rings is 2. The van der Waals surface area contributed by atoms with E-state index in [1.807, 2.05) is 4.90 Å². The lowest BCUT2D eigenvalue weighted by atomic mass is 10.2. The summed E-state index contributed by atoms with van der Waals surface area (Å²) in [6.07, 6.45) is -2.36. The first-order chi connectivity index (χ1) is 17.1. The highest BCUT2D eigenvalue weighted by molar-refractivity contribution is 7.89. The standard InChI is InChI=1S/C24H24F3N5O3S/c25-24(26,27)18-7-9-19(10-8-18)29-23(33)30-20-11-12-22(28-17-20)31-13-4-14-32(16-15-31)36(34,35)21-5-2-1-3-6-21/h1-3,5-12,17H,4,13-16H2,(H2,29,30,33). The van der Waals surface area contributed by atoms with Gasteiger partial charge in [0.25, 0.3) is 0 Å². The monoisotopic (exact) mass is 519 g/mol. The van der Waals surface area contributed by atoms with E-state index in [9.17, 15) is 26.4 Å². The third-order valence-electron chi connectivity index (χ3n) is 5.64. The molecule has 0 aliphatic carbocycles. The molecule has 3 aromatic rings. The lowest BCUT2D eigenvalue weighted by molar-refractivity contribution is -0.137. The summed E-state index contributed by atoms with van der Waals surface area (Å²) in [4.78, 5) is 18.8. The van der Waals surface area contributed by atoms with E-state index in [1.54, 1.807) is 42.5 Å². The van der Waals surface area contributed by atoms with E-state index in [-0.39, 0.29) is 10.6 Å². The van der Waals surface area contributed by atoms with Gasteiger partial charge in [0, 0.05) is 31.9 Å². The molecular formula is C24H24F3N5O3S. The first-order valence-electron chi connectivity index (χ1n) is 11.1. The number of aromatic nitrogens is 1. The van der Waals surface area contributed by atoms with Crippen molar-refractivity contribution in [3.05, 3.63) is 78.5 Å². The fourth-order valence-corrected chi connectivity index (χ4v) is 5.28. The van der Waals surface area contributed by atoms with Crippen molar-refractivity contribution >= 4 is 33.2 Å². The fraction of sp³-hybridized carbons (Fsp3) is 0.250. The second-order valence-electron chi connectivity index (χ2n) is 8.12. The maximum atomic E-state index is 12.9. The molecule has 2 amide bonds. The maximum absolute atomic E-state index is 12.9. The predicted octanol–water partition coefficient (Wildman–Crippen LogP) is 4.65. The summed E-state index contributed by atoms with van der Waals surface area (Å²) in [7, 11) is -3.57. The molecule has 12 heteroatoms. The van der Waals surface area contributed by atoms with Crippen LogP contribution in [0.1, 0.15) is 12.0 Å². The van der Waals surface area contributed by atoms with Gasteiger partial charge < -0.3 is 15.5 Å². The van der Waals surface area contributed by atoms with Crippen molar-refractivity contribution in [2.45, 2.75) is 17.5 Å². The van der Waals surface area contributed by atoms with Crippen LogP contribution >= 0.6 is 0 Å². The Morgan fingerprint density at radius 1 is 0.833 bits per heavy atom. The molecule has 2 heterocycles. The van der Waals surface area contributed by atoms with E-state index in [0.717, 1.165) is 12.1 Å². The molecule has 8 nitrogen and oxygen atoms in total. The molecule has 2 aromatic carbocycles. The van der Waals surface area contributed by atoms with E-state index >= 15 is 0 Å². The predicted molar refractivity (Wildman–Crippen MR) is 130 cm³/mol. The molecular weight excluding hydrogens is 495 g/mol. The van der Waals surface area contributed by atoms with Gasteiger partial charge in [0.05, 0.1) is 22.3 Å². The zero-order chi connectivity index (χ0) is 25.8. The number of urea groups is 1. The van der Waals surface area contributed by atoms with Crippen LogP contribution in [0, 0.1) is 0 Å². The van der Waals surface area contributed by atoms with Gasteiger partial charge >= 0.3 is 12.2 Å². The SMILES string of the molecule is O=C(Nc1ccc(C(F)(F)F)cc1)Nc1ccc(N2CCCN(S(=O)(=O)c3ccccc3)CC2)nc1. The average molecular weight is 520 g/mol. The highest BCUT2D eigenvalue weighted by Crippen LogP contribution is 2.30. The van der Waals surface area contributed by atoms with Crippen LogP contribution in [0.15, 0.2) is 77.8 Å². The van der Waals surface area contributed by atoms with Gasteiger partial charge in [-0.15, -0.1) is 0 Å². The average Bonchev–Trinajstić information content (AvgIpc) is 3.12. The van der Waals surface area contributed by atoms with Crippen LogP contribution in [-0.2, 0) is 16.2 Å². The van der Waals surface area contributed by atoms with Crippen LogP contribution in [-0.4, -0.2) is 49.9 Å². The van der Waals surface area contributed by atoms with Gasteiger partial charge in [-0.3, -0.25) is 0 Å². The number of halogens is 3. The Hall–Kier alpha value is -3.64. The molecule has 1 aromatic heterocycles. The molecule has 0 unspecified atom stereocenters. The molecule has 2 N–H and O–H groups in total.